The van der Waals surface area contributed by atoms with Gasteiger partial charge >= 0.3 is 11.9 Å². The molecule has 0 saturated carbocycles. The zero-order valence-corrected chi connectivity index (χ0v) is 17.4. The topological polar surface area (TPSA) is 242 Å². The van der Waals surface area contributed by atoms with Crippen LogP contribution in [0.4, 0.5) is 0 Å². The SMILES string of the molecule is NC(=O)CCC(NC(=O)C(CO)NC(=O)C1CCCN1C(=O)C(N)CCC(=O)O)C(=O)O. The predicted molar refractivity (Wildman–Crippen MR) is 107 cm³/mol. The normalized spacial score (nSPS) is 18.3. The number of rotatable bonds is 13. The highest BCUT2D eigenvalue weighted by molar-refractivity contribution is 5.94. The van der Waals surface area contributed by atoms with Gasteiger partial charge in [-0.1, -0.05) is 0 Å². The van der Waals surface area contributed by atoms with Crippen LogP contribution in [-0.4, -0.2) is 93.1 Å². The van der Waals surface area contributed by atoms with Gasteiger partial charge in [-0.3, -0.25) is 24.0 Å². The van der Waals surface area contributed by atoms with Gasteiger partial charge in [0.1, 0.15) is 18.1 Å². The van der Waals surface area contributed by atoms with Crippen LogP contribution in [0.1, 0.15) is 38.5 Å². The van der Waals surface area contributed by atoms with Crippen molar-refractivity contribution in [3.8, 4) is 0 Å². The second-order valence-corrected chi connectivity index (χ2v) is 7.38. The molecule has 14 nitrogen and oxygen atoms in total. The fourth-order valence-corrected chi connectivity index (χ4v) is 3.20. The van der Waals surface area contributed by atoms with Gasteiger partial charge in [-0.15, -0.1) is 0 Å². The van der Waals surface area contributed by atoms with E-state index in [0.717, 1.165) is 0 Å². The Labute approximate surface area is 183 Å². The number of aliphatic hydroxyl groups excluding tert-OH is 1. The van der Waals surface area contributed by atoms with Gasteiger partial charge in [0.05, 0.1) is 12.6 Å². The van der Waals surface area contributed by atoms with Crippen LogP contribution in [-0.2, 0) is 28.8 Å². The molecule has 4 atom stereocenters. The first kappa shape index (κ1) is 26.8. The van der Waals surface area contributed by atoms with Crippen LogP contribution < -0.4 is 22.1 Å². The molecule has 180 valence electrons. The lowest BCUT2D eigenvalue weighted by molar-refractivity contribution is -0.144. The largest absolute Gasteiger partial charge is 0.481 e. The number of carbonyl (C=O) groups is 6. The Bertz CT molecular complexity index is 744. The summed E-state index contributed by atoms with van der Waals surface area (Å²) in [5.74, 6) is -5.65. The summed E-state index contributed by atoms with van der Waals surface area (Å²) in [5.41, 5.74) is 10.7. The molecule has 4 unspecified atom stereocenters. The third-order valence-electron chi connectivity index (χ3n) is 4.93. The molecule has 1 saturated heterocycles. The second-order valence-electron chi connectivity index (χ2n) is 7.38. The van der Waals surface area contributed by atoms with Crippen LogP contribution in [0.15, 0.2) is 0 Å². The maximum Gasteiger partial charge on any atom is 0.326 e. The minimum Gasteiger partial charge on any atom is -0.481 e. The lowest BCUT2D eigenvalue weighted by Crippen LogP contribution is -2.57. The number of carbonyl (C=O) groups excluding carboxylic acids is 4. The number of carboxylic acids is 2. The molecule has 1 rings (SSSR count). The first-order chi connectivity index (χ1) is 15.0. The number of hydrogen-bond acceptors (Lipinski definition) is 8. The summed E-state index contributed by atoms with van der Waals surface area (Å²) in [5, 5.41) is 31.8. The van der Waals surface area contributed by atoms with E-state index in [1.54, 1.807) is 0 Å². The van der Waals surface area contributed by atoms with E-state index in [2.05, 4.69) is 10.6 Å². The van der Waals surface area contributed by atoms with E-state index in [4.69, 9.17) is 21.7 Å². The van der Waals surface area contributed by atoms with E-state index < -0.39 is 66.3 Å². The minimum absolute atomic E-state index is 0.109. The zero-order valence-electron chi connectivity index (χ0n) is 17.4. The smallest absolute Gasteiger partial charge is 0.326 e. The van der Waals surface area contributed by atoms with Gasteiger partial charge in [0.15, 0.2) is 0 Å². The molecular formula is C18H29N5O9. The number of aliphatic carboxylic acids is 2. The summed E-state index contributed by atoms with van der Waals surface area (Å²) in [6.45, 7) is -0.638. The number of primary amides is 1. The number of hydrogen-bond donors (Lipinski definition) is 7. The van der Waals surface area contributed by atoms with E-state index in [1.165, 1.54) is 4.90 Å². The van der Waals surface area contributed by atoms with Crippen LogP contribution >= 0.6 is 0 Å². The number of likely N-dealkylation sites (tertiary alicyclic amines) is 1. The quantitative estimate of drug-likeness (QED) is 0.143. The Morgan fingerprint density at radius 2 is 1.66 bits per heavy atom. The third-order valence-corrected chi connectivity index (χ3v) is 4.93. The predicted octanol–water partition coefficient (Wildman–Crippen LogP) is -3.52. The highest BCUT2D eigenvalue weighted by Crippen LogP contribution is 2.19. The van der Waals surface area contributed by atoms with Gasteiger partial charge in [0, 0.05) is 19.4 Å². The number of aliphatic hydroxyl groups is 1. The van der Waals surface area contributed by atoms with Crippen LogP contribution in [0.25, 0.3) is 0 Å². The molecule has 14 heteroatoms. The van der Waals surface area contributed by atoms with Gasteiger partial charge in [0.25, 0.3) is 0 Å². The van der Waals surface area contributed by atoms with Crippen LogP contribution in [0.2, 0.25) is 0 Å². The number of nitrogens with two attached hydrogens (primary N) is 2. The van der Waals surface area contributed by atoms with Crippen molar-refractivity contribution in [2.45, 2.75) is 62.7 Å². The third kappa shape index (κ3) is 8.11. The van der Waals surface area contributed by atoms with Gasteiger partial charge in [-0.05, 0) is 25.7 Å². The molecule has 1 heterocycles. The van der Waals surface area contributed by atoms with Crippen molar-refractivity contribution in [2.75, 3.05) is 13.2 Å². The average molecular weight is 459 g/mol. The molecule has 1 aliphatic rings. The molecule has 0 bridgehead atoms. The molecule has 9 N–H and O–H groups in total. The van der Waals surface area contributed by atoms with Crippen molar-refractivity contribution in [3.05, 3.63) is 0 Å². The van der Waals surface area contributed by atoms with Gasteiger partial charge in [-0.2, -0.15) is 0 Å². The van der Waals surface area contributed by atoms with Crippen molar-refractivity contribution in [2.24, 2.45) is 11.5 Å². The summed E-state index contributed by atoms with van der Waals surface area (Å²) < 4.78 is 0. The standard InChI is InChI=1S/C18H29N5O9/c19-9(3-6-14(26)27)17(30)23-7-1-2-12(23)16(29)22-11(8-24)15(28)21-10(18(31)32)4-5-13(20)25/h9-12,24H,1-8,19H2,(H2,20,25)(H,21,28)(H,22,29)(H,26,27)(H,31,32). The van der Waals surface area contributed by atoms with E-state index in [1.807, 2.05) is 0 Å². The molecule has 4 amide bonds. The molecule has 1 fully saturated rings. The summed E-state index contributed by atoms with van der Waals surface area (Å²) in [7, 11) is 0. The maximum atomic E-state index is 12.6. The highest BCUT2D eigenvalue weighted by Gasteiger charge is 2.37. The zero-order chi connectivity index (χ0) is 24.4. The van der Waals surface area contributed by atoms with E-state index >= 15 is 0 Å². The van der Waals surface area contributed by atoms with E-state index in [-0.39, 0.29) is 38.6 Å². The highest BCUT2D eigenvalue weighted by atomic mass is 16.4. The van der Waals surface area contributed by atoms with E-state index in [0.29, 0.717) is 6.42 Å². The average Bonchev–Trinajstić information content (AvgIpc) is 3.21. The Morgan fingerprint density at radius 1 is 1.00 bits per heavy atom. The summed E-state index contributed by atoms with van der Waals surface area (Å²) in [6, 6.07) is -5.06. The van der Waals surface area contributed by atoms with Crippen molar-refractivity contribution in [1.29, 1.82) is 0 Å². The molecule has 0 radical (unpaired) electrons. The Kier molecular flexibility index (Phi) is 10.5. The summed E-state index contributed by atoms with van der Waals surface area (Å²) in [4.78, 5) is 71.5. The Hall–Kier alpha value is -3.26. The van der Waals surface area contributed by atoms with Gasteiger partial charge < -0.3 is 42.3 Å². The van der Waals surface area contributed by atoms with E-state index in [9.17, 15) is 33.9 Å². The molecule has 0 aromatic rings. The monoisotopic (exact) mass is 459 g/mol. The van der Waals surface area contributed by atoms with Crippen LogP contribution in [0.5, 0.6) is 0 Å². The van der Waals surface area contributed by atoms with Crippen molar-refractivity contribution in [1.82, 2.24) is 15.5 Å². The molecule has 0 aromatic heterocycles. The van der Waals surface area contributed by atoms with Crippen molar-refractivity contribution >= 4 is 35.6 Å². The van der Waals surface area contributed by atoms with Crippen LogP contribution in [0.3, 0.4) is 0 Å². The Morgan fingerprint density at radius 3 is 2.19 bits per heavy atom. The molecule has 0 spiro atoms. The number of carboxylic acid groups (broad SMARTS) is 2. The van der Waals surface area contributed by atoms with Crippen LogP contribution in [0, 0.1) is 0 Å². The Balaban J connectivity index is 2.76. The molecular weight excluding hydrogens is 430 g/mol. The first-order valence-electron chi connectivity index (χ1n) is 9.98. The number of nitrogens with zero attached hydrogens (tertiary/aromatic N) is 1. The fourth-order valence-electron chi connectivity index (χ4n) is 3.20. The maximum absolute atomic E-state index is 12.6. The lowest BCUT2D eigenvalue weighted by Gasteiger charge is -2.28. The van der Waals surface area contributed by atoms with Gasteiger partial charge in [0.2, 0.25) is 23.6 Å². The molecule has 32 heavy (non-hydrogen) atoms. The second kappa shape index (κ2) is 12.6. The summed E-state index contributed by atoms with van der Waals surface area (Å²) >= 11 is 0. The first-order valence-corrected chi connectivity index (χ1v) is 9.98. The van der Waals surface area contributed by atoms with Gasteiger partial charge in [-0.25, -0.2) is 4.79 Å². The number of amides is 4. The minimum atomic E-state index is -1.50. The number of nitrogens with one attached hydrogen (secondary N) is 2. The molecule has 0 aromatic carbocycles. The summed E-state index contributed by atoms with van der Waals surface area (Å²) in [6.07, 6.45) is -0.261. The molecule has 1 aliphatic heterocycles. The fraction of sp³-hybridized carbons (Fsp3) is 0.667. The van der Waals surface area contributed by atoms with Crippen molar-refractivity contribution < 1.29 is 44.1 Å². The van der Waals surface area contributed by atoms with Crippen molar-refractivity contribution in [3.63, 3.8) is 0 Å². The lowest BCUT2D eigenvalue weighted by atomic mass is 10.1. The molecule has 0 aliphatic carbocycles.